The Morgan fingerprint density at radius 1 is 1.39 bits per heavy atom. The summed E-state index contributed by atoms with van der Waals surface area (Å²) in [5.41, 5.74) is 0.505. The average molecular weight is 247 g/mol. The Morgan fingerprint density at radius 2 is 2.17 bits per heavy atom. The Balaban J connectivity index is 2.40. The van der Waals surface area contributed by atoms with Crippen LogP contribution < -0.4 is 4.74 Å². The average Bonchev–Trinajstić information content (AvgIpc) is 2.28. The van der Waals surface area contributed by atoms with Crippen LogP contribution in [0.2, 0.25) is 0 Å². The van der Waals surface area contributed by atoms with Gasteiger partial charge in [-0.1, -0.05) is 6.07 Å². The Kier molecular flexibility index (Phi) is 3.23. The molecule has 0 spiro atoms. The van der Waals surface area contributed by atoms with E-state index in [1.807, 2.05) is 0 Å². The minimum Gasteiger partial charge on any atom is -0.477 e. The van der Waals surface area contributed by atoms with Crippen molar-refractivity contribution in [3.63, 3.8) is 0 Å². The number of carbonyl (C=O) groups is 1. The highest BCUT2D eigenvalue weighted by Crippen LogP contribution is 2.25. The third-order valence-electron chi connectivity index (χ3n) is 2.35. The summed E-state index contributed by atoms with van der Waals surface area (Å²) in [5.74, 6) is -1.44. The number of aromatic carboxylic acids is 1. The van der Waals surface area contributed by atoms with Crippen molar-refractivity contribution in [2.24, 2.45) is 0 Å². The normalized spacial score (nSPS) is 10.1. The zero-order valence-electron chi connectivity index (χ0n) is 9.55. The van der Waals surface area contributed by atoms with Gasteiger partial charge in [0.2, 0.25) is 5.88 Å². The van der Waals surface area contributed by atoms with Gasteiger partial charge in [-0.3, -0.25) is 0 Å². The third-order valence-corrected chi connectivity index (χ3v) is 2.35. The summed E-state index contributed by atoms with van der Waals surface area (Å²) in [6.45, 7) is 1.64. The van der Waals surface area contributed by atoms with E-state index < -0.39 is 11.8 Å². The van der Waals surface area contributed by atoms with E-state index in [1.54, 1.807) is 13.0 Å². The van der Waals surface area contributed by atoms with Gasteiger partial charge in [-0.2, -0.15) is 0 Å². The molecule has 2 rings (SSSR count). The largest absolute Gasteiger partial charge is 0.477 e. The molecule has 0 aliphatic rings. The first-order valence-corrected chi connectivity index (χ1v) is 5.20. The van der Waals surface area contributed by atoms with Crippen LogP contribution >= 0.6 is 0 Å². The summed E-state index contributed by atoms with van der Waals surface area (Å²) in [5, 5.41) is 9.09. The van der Waals surface area contributed by atoms with E-state index in [0.717, 1.165) is 6.07 Å². The number of rotatable bonds is 3. The molecule has 1 aromatic heterocycles. The van der Waals surface area contributed by atoms with Crippen molar-refractivity contribution in [3.8, 4) is 11.6 Å². The van der Waals surface area contributed by atoms with Crippen molar-refractivity contribution >= 4 is 5.97 Å². The van der Waals surface area contributed by atoms with Crippen LogP contribution in [-0.2, 0) is 0 Å². The molecule has 1 aromatic carbocycles. The summed E-state index contributed by atoms with van der Waals surface area (Å²) in [7, 11) is 0. The highest BCUT2D eigenvalue weighted by Gasteiger charge is 2.16. The van der Waals surface area contributed by atoms with Crippen LogP contribution in [0, 0.1) is 12.7 Å². The van der Waals surface area contributed by atoms with E-state index in [1.165, 1.54) is 24.4 Å². The number of benzene rings is 1. The van der Waals surface area contributed by atoms with E-state index >= 15 is 0 Å². The summed E-state index contributed by atoms with van der Waals surface area (Å²) >= 11 is 0. The number of halogens is 1. The number of nitrogens with zero attached hydrogens (tertiary/aromatic N) is 1. The van der Waals surface area contributed by atoms with E-state index in [4.69, 9.17) is 9.84 Å². The monoisotopic (exact) mass is 247 g/mol. The van der Waals surface area contributed by atoms with Crippen LogP contribution in [0.15, 0.2) is 36.5 Å². The zero-order valence-corrected chi connectivity index (χ0v) is 9.55. The molecule has 18 heavy (non-hydrogen) atoms. The maximum atomic E-state index is 13.0. The van der Waals surface area contributed by atoms with E-state index in [0.29, 0.717) is 5.56 Å². The van der Waals surface area contributed by atoms with E-state index in [9.17, 15) is 9.18 Å². The first kappa shape index (κ1) is 12.0. The number of carboxylic acid groups (broad SMARTS) is 1. The minimum atomic E-state index is -1.13. The first-order chi connectivity index (χ1) is 8.58. The van der Waals surface area contributed by atoms with Gasteiger partial charge in [0.15, 0.2) is 0 Å². The summed E-state index contributed by atoms with van der Waals surface area (Å²) in [4.78, 5) is 15.0. The van der Waals surface area contributed by atoms with Crippen LogP contribution in [0.4, 0.5) is 4.39 Å². The lowest BCUT2D eigenvalue weighted by Crippen LogP contribution is -2.04. The van der Waals surface area contributed by atoms with Gasteiger partial charge in [-0.15, -0.1) is 0 Å². The highest BCUT2D eigenvalue weighted by molar-refractivity contribution is 5.91. The fourth-order valence-electron chi connectivity index (χ4n) is 1.51. The Labute approximate surface area is 103 Å². The molecular formula is C13H10FNO3. The molecule has 0 radical (unpaired) electrons. The van der Waals surface area contributed by atoms with Crippen molar-refractivity contribution in [1.82, 2.24) is 4.98 Å². The standard InChI is InChI=1S/C13H10FNO3/c1-8-5-6-15-12(11(8)13(16)17)18-10-4-2-3-9(14)7-10/h2-7H,1H3,(H,16,17). The van der Waals surface area contributed by atoms with Crippen LogP contribution in [0.3, 0.4) is 0 Å². The van der Waals surface area contributed by atoms with Gasteiger partial charge in [0.25, 0.3) is 0 Å². The maximum Gasteiger partial charge on any atom is 0.341 e. The number of aromatic nitrogens is 1. The van der Waals surface area contributed by atoms with Gasteiger partial charge >= 0.3 is 5.97 Å². The third kappa shape index (κ3) is 2.45. The molecule has 0 aliphatic heterocycles. The van der Waals surface area contributed by atoms with Gasteiger partial charge in [-0.25, -0.2) is 14.2 Å². The molecule has 0 unspecified atom stereocenters. The maximum absolute atomic E-state index is 13.0. The second-order valence-corrected chi connectivity index (χ2v) is 3.67. The topological polar surface area (TPSA) is 59.4 Å². The molecular weight excluding hydrogens is 237 g/mol. The summed E-state index contributed by atoms with van der Waals surface area (Å²) < 4.78 is 18.3. The van der Waals surface area contributed by atoms with E-state index in [2.05, 4.69) is 4.98 Å². The molecule has 5 heteroatoms. The minimum absolute atomic E-state index is 0.0261. The molecule has 0 saturated carbocycles. The number of pyridine rings is 1. The predicted octanol–water partition coefficient (Wildman–Crippen LogP) is 3.02. The van der Waals surface area contributed by atoms with Crippen LogP contribution in [0.5, 0.6) is 11.6 Å². The fraction of sp³-hybridized carbons (Fsp3) is 0.0769. The van der Waals surface area contributed by atoms with Crippen LogP contribution in [-0.4, -0.2) is 16.1 Å². The number of hydrogen-bond donors (Lipinski definition) is 1. The molecule has 2 aromatic rings. The molecule has 92 valence electrons. The number of ether oxygens (including phenoxy) is 1. The second-order valence-electron chi connectivity index (χ2n) is 3.67. The van der Waals surface area contributed by atoms with Crippen LogP contribution in [0.25, 0.3) is 0 Å². The lowest BCUT2D eigenvalue weighted by molar-refractivity contribution is 0.0692. The fourth-order valence-corrected chi connectivity index (χ4v) is 1.51. The molecule has 0 fully saturated rings. The van der Waals surface area contributed by atoms with Crippen molar-refractivity contribution < 1.29 is 19.0 Å². The summed E-state index contributed by atoms with van der Waals surface area (Å²) in [6.07, 6.45) is 1.44. The number of carboxylic acids is 1. The highest BCUT2D eigenvalue weighted by atomic mass is 19.1. The molecule has 0 bridgehead atoms. The number of aryl methyl sites for hydroxylation is 1. The van der Waals surface area contributed by atoms with E-state index in [-0.39, 0.29) is 17.2 Å². The van der Waals surface area contributed by atoms with Crippen molar-refractivity contribution in [2.75, 3.05) is 0 Å². The molecule has 4 nitrogen and oxygen atoms in total. The molecule has 0 amide bonds. The van der Waals surface area contributed by atoms with Crippen molar-refractivity contribution in [3.05, 3.63) is 53.5 Å². The molecule has 0 saturated heterocycles. The van der Waals surface area contributed by atoms with Gasteiger partial charge in [0.05, 0.1) is 0 Å². The van der Waals surface area contributed by atoms with Gasteiger partial charge < -0.3 is 9.84 Å². The van der Waals surface area contributed by atoms with Gasteiger partial charge in [-0.05, 0) is 30.7 Å². The predicted molar refractivity (Wildman–Crippen MR) is 62.4 cm³/mol. The van der Waals surface area contributed by atoms with Gasteiger partial charge in [0.1, 0.15) is 17.1 Å². The smallest absolute Gasteiger partial charge is 0.341 e. The first-order valence-electron chi connectivity index (χ1n) is 5.20. The summed E-state index contributed by atoms with van der Waals surface area (Å²) in [6, 6.07) is 7.01. The Bertz CT molecular complexity index is 599. The number of hydrogen-bond acceptors (Lipinski definition) is 3. The lowest BCUT2D eigenvalue weighted by Gasteiger charge is -2.09. The van der Waals surface area contributed by atoms with Gasteiger partial charge in [0, 0.05) is 12.3 Å². The quantitative estimate of drug-likeness (QED) is 0.905. The molecule has 1 N–H and O–H groups in total. The SMILES string of the molecule is Cc1ccnc(Oc2cccc(F)c2)c1C(=O)O. The molecule has 1 heterocycles. The van der Waals surface area contributed by atoms with Crippen molar-refractivity contribution in [1.29, 1.82) is 0 Å². The zero-order chi connectivity index (χ0) is 13.1. The van der Waals surface area contributed by atoms with Crippen LogP contribution in [0.1, 0.15) is 15.9 Å². The molecule has 0 aliphatic carbocycles. The Hall–Kier alpha value is -2.43. The Morgan fingerprint density at radius 3 is 2.83 bits per heavy atom. The molecule has 0 atom stereocenters. The lowest BCUT2D eigenvalue weighted by atomic mass is 10.1. The van der Waals surface area contributed by atoms with Crippen molar-refractivity contribution in [2.45, 2.75) is 6.92 Å². The second kappa shape index (κ2) is 4.83.